The van der Waals surface area contributed by atoms with Gasteiger partial charge in [-0.15, -0.1) is 0 Å². The van der Waals surface area contributed by atoms with Gasteiger partial charge >= 0.3 is 0 Å². The molecule has 2 heterocycles. The van der Waals surface area contributed by atoms with Gasteiger partial charge in [-0.1, -0.05) is 0 Å². The van der Waals surface area contributed by atoms with Crippen molar-refractivity contribution in [3.8, 4) is 0 Å². The molecule has 1 aliphatic rings. The number of aromatic amines is 1. The Balaban J connectivity index is 1.87. The van der Waals surface area contributed by atoms with E-state index in [9.17, 15) is 9.59 Å². The number of aromatic nitrogens is 3. The Hall–Kier alpha value is -1.92. The number of piperidine rings is 1. The summed E-state index contributed by atoms with van der Waals surface area (Å²) in [6, 6.07) is 0. The number of carbonyl (C=O) groups is 2. The highest BCUT2D eigenvalue weighted by atomic mass is 16.2. The molecule has 0 bridgehead atoms. The van der Waals surface area contributed by atoms with Crippen LogP contribution in [0, 0.1) is 5.92 Å². The molecule has 1 saturated heterocycles. The van der Waals surface area contributed by atoms with Crippen LogP contribution in [0.2, 0.25) is 0 Å². The van der Waals surface area contributed by atoms with Crippen molar-refractivity contribution in [1.29, 1.82) is 0 Å². The van der Waals surface area contributed by atoms with E-state index in [0.29, 0.717) is 38.2 Å². The summed E-state index contributed by atoms with van der Waals surface area (Å²) in [4.78, 5) is 25.3. The van der Waals surface area contributed by atoms with Crippen LogP contribution in [0.3, 0.4) is 0 Å². The lowest BCUT2D eigenvalue weighted by atomic mass is 9.96. The summed E-state index contributed by atoms with van der Waals surface area (Å²) in [6.07, 6.45) is 2.82. The van der Waals surface area contributed by atoms with Crippen LogP contribution >= 0.6 is 0 Å². The molecule has 18 heavy (non-hydrogen) atoms. The van der Waals surface area contributed by atoms with Crippen LogP contribution in [-0.4, -0.2) is 51.8 Å². The number of carbonyl (C=O) groups excluding carboxylic acids is 2. The van der Waals surface area contributed by atoms with Gasteiger partial charge in [-0.25, -0.2) is 0 Å². The molecular formula is C11H17N5O2. The number of hydrogen-bond donors (Lipinski definition) is 2. The zero-order chi connectivity index (χ0) is 13.0. The summed E-state index contributed by atoms with van der Waals surface area (Å²) in [7, 11) is 0. The second-order valence-corrected chi connectivity index (χ2v) is 4.32. The lowest BCUT2D eigenvalue weighted by molar-refractivity contribution is -0.126. The van der Waals surface area contributed by atoms with Gasteiger partial charge in [0.1, 0.15) is 0 Å². The average molecular weight is 251 g/mol. The topological polar surface area (TPSA) is 91.0 Å². The summed E-state index contributed by atoms with van der Waals surface area (Å²) in [5.41, 5.74) is 0.325. The van der Waals surface area contributed by atoms with Crippen LogP contribution in [0.4, 0.5) is 0 Å². The monoisotopic (exact) mass is 251 g/mol. The number of H-pyrrole nitrogens is 1. The van der Waals surface area contributed by atoms with Crippen LogP contribution in [-0.2, 0) is 4.79 Å². The van der Waals surface area contributed by atoms with Crippen LogP contribution < -0.4 is 5.32 Å². The molecule has 1 aromatic rings. The lowest BCUT2D eigenvalue weighted by Gasteiger charge is -2.30. The Morgan fingerprint density at radius 1 is 1.50 bits per heavy atom. The van der Waals surface area contributed by atoms with Crippen molar-refractivity contribution in [2.45, 2.75) is 19.8 Å². The molecule has 0 unspecified atom stereocenters. The Bertz CT molecular complexity index is 409. The summed E-state index contributed by atoms with van der Waals surface area (Å²) in [5.74, 6) is -0.0181. The van der Waals surface area contributed by atoms with E-state index in [1.54, 1.807) is 4.90 Å². The zero-order valence-corrected chi connectivity index (χ0v) is 10.3. The number of likely N-dealkylation sites (tertiary alicyclic amines) is 1. The fourth-order valence-corrected chi connectivity index (χ4v) is 2.13. The minimum Gasteiger partial charge on any atom is -0.356 e. The molecule has 0 aromatic carbocycles. The van der Waals surface area contributed by atoms with Crippen LogP contribution in [0.1, 0.15) is 30.3 Å². The minimum atomic E-state index is -0.127. The maximum Gasteiger partial charge on any atom is 0.276 e. The van der Waals surface area contributed by atoms with E-state index in [1.807, 2.05) is 6.92 Å². The highest BCUT2D eigenvalue weighted by Crippen LogP contribution is 2.18. The first-order chi connectivity index (χ1) is 8.72. The SMILES string of the molecule is CCNC(=O)C1CCN(C(=O)c2cn[nH]n2)CC1. The second kappa shape index (κ2) is 5.61. The van der Waals surface area contributed by atoms with Gasteiger partial charge < -0.3 is 10.2 Å². The number of nitrogens with zero attached hydrogens (tertiary/aromatic N) is 3. The second-order valence-electron chi connectivity index (χ2n) is 4.32. The molecule has 1 fully saturated rings. The van der Waals surface area contributed by atoms with Gasteiger partial charge in [0.05, 0.1) is 6.20 Å². The molecule has 2 rings (SSSR count). The normalized spacial score (nSPS) is 16.6. The van der Waals surface area contributed by atoms with Crippen LogP contribution in [0.15, 0.2) is 6.20 Å². The van der Waals surface area contributed by atoms with Crippen LogP contribution in [0.5, 0.6) is 0 Å². The first kappa shape index (κ1) is 12.5. The van der Waals surface area contributed by atoms with Crippen molar-refractivity contribution in [3.63, 3.8) is 0 Å². The van der Waals surface area contributed by atoms with Crippen molar-refractivity contribution in [2.75, 3.05) is 19.6 Å². The van der Waals surface area contributed by atoms with E-state index in [1.165, 1.54) is 6.20 Å². The van der Waals surface area contributed by atoms with E-state index in [-0.39, 0.29) is 17.7 Å². The Labute approximate surface area is 105 Å². The number of amides is 2. The molecule has 2 N–H and O–H groups in total. The molecule has 0 radical (unpaired) electrons. The lowest BCUT2D eigenvalue weighted by Crippen LogP contribution is -2.43. The van der Waals surface area contributed by atoms with E-state index in [4.69, 9.17) is 0 Å². The Kier molecular flexibility index (Phi) is 3.91. The Morgan fingerprint density at radius 3 is 2.78 bits per heavy atom. The predicted molar refractivity (Wildman–Crippen MR) is 63.7 cm³/mol. The Morgan fingerprint density at radius 2 is 2.22 bits per heavy atom. The van der Waals surface area contributed by atoms with Gasteiger partial charge in [0, 0.05) is 25.6 Å². The summed E-state index contributed by atoms with van der Waals surface area (Å²) < 4.78 is 0. The summed E-state index contributed by atoms with van der Waals surface area (Å²) >= 11 is 0. The van der Waals surface area contributed by atoms with Gasteiger partial charge in [0.2, 0.25) is 5.91 Å². The molecule has 7 heteroatoms. The van der Waals surface area contributed by atoms with Gasteiger partial charge in [0.25, 0.3) is 5.91 Å². The highest BCUT2D eigenvalue weighted by molar-refractivity contribution is 5.92. The van der Waals surface area contributed by atoms with Crippen molar-refractivity contribution >= 4 is 11.8 Å². The van der Waals surface area contributed by atoms with Crippen LogP contribution in [0.25, 0.3) is 0 Å². The molecule has 0 spiro atoms. The fraction of sp³-hybridized carbons (Fsp3) is 0.636. The number of hydrogen-bond acceptors (Lipinski definition) is 4. The molecule has 2 amide bonds. The van der Waals surface area contributed by atoms with Gasteiger partial charge in [-0.2, -0.15) is 15.4 Å². The molecule has 0 atom stereocenters. The third-order valence-corrected chi connectivity index (χ3v) is 3.14. The molecule has 0 saturated carbocycles. The van der Waals surface area contributed by atoms with Crippen molar-refractivity contribution in [2.24, 2.45) is 5.92 Å². The van der Waals surface area contributed by atoms with E-state index in [0.717, 1.165) is 0 Å². The maximum atomic E-state index is 12.0. The third kappa shape index (κ3) is 2.66. The molecule has 98 valence electrons. The first-order valence-electron chi connectivity index (χ1n) is 6.15. The van der Waals surface area contributed by atoms with Crippen molar-refractivity contribution < 1.29 is 9.59 Å². The third-order valence-electron chi connectivity index (χ3n) is 3.14. The first-order valence-corrected chi connectivity index (χ1v) is 6.15. The predicted octanol–water partition coefficient (Wildman–Crippen LogP) is -0.207. The molecule has 0 aliphatic carbocycles. The van der Waals surface area contributed by atoms with Crippen molar-refractivity contribution in [1.82, 2.24) is 25.6 Å². The quantitative estimate of drug-likeness (QED) is 0.778. The van der Waals surface area contributed by atoms with E-state index in [2.05, 4.69) is 20.7 Å². The molecule has 1 aromatic heterocycles. The van der Waals surface area contributed by atoms with Crippen molar-refractivity contribution in [3.05, 3.63) is 11.9 Å². The zero-order valence-electron chi connectivity index (χ0n) is 10.3. The molecular weight excluding hydrogens is 234 g/mol. The molecule has 1 aliphatic heterocycles. The number of nitrogens with one attached hydrogen (secondary N) is 2. The minimum absolute atomic E-state index is 0.0197. The smallest absolute Gasteiger partial charge is 0.276 e. The number of rotatable bonds is 3. The van der Waals surface area contributed by atoms with Gasteiger partial charge in [-0.3, -0.25) is 9.59 Å². The molecule has 7 nitrogen and oxygen atoms in total. The largest absolute Gasteiger partial charge is 0.356 e. The fourth-order valence-electron chi connectivity index (χ4n) is 2.13. The van der Waals surface area contributed by atoms with E-state index < -0.39 is 0 Å². The summed E-state index contributed by atoms with van der Waals surface area (Å²) in [6.45, 7) is 3.74. The standard InChI is InChI=1S/C11H17N5O2/c1-2-12-10(17)8-3-5-16(6-4-8)11(18)9-7-13-15-14-9/h7-8H,2-6H2,1H3,(H,12,17)(H,13,14,15). The summed E-state index contributed by atoms with van der Waals surface area (Å²) in [5, 5.41) is 12.6. The maximum absolute atomic E-state index is 12.0. The average Bonchev–Trinajstić information content (AvgIpc) is 2.92. The van der Waals surface area contributed by atoms with E-state index >= 15 is 0 Å². The van der Waals surface area contributed by atoms with Gasteiger partial charge in [-0.05, 0) is 19.8 Å². The van der Waals surface area contributed by atoms with Gasteiger partial charge in [0.15, 0.2) is 5.69 Å². The highest BCUT2D eigenvalue weighted by Gasteiger charge is 2.28.